The first-order valence-electron chi connectivity index (χ1n) is 17.6. The van der Waals surface area contributed by atoms with Gasteiger partial charge in [-0.25, -0.2) is 6.08 Å². The van der Waals surface area contributed by atoms with Crippen molar-refractivity contribution in [3.8, 4) is 33.4 Å². The summed E-state index contributed by atoms with van der Waals surface area (Å²) in [5, 5.41) is 0. The van der Waals surface area contributed by atoms with Gasteiger partial charge in [0.15, 0.2) is 0 Å². The second-order valence-electron chi connectivity index (χ2n) is 13.8. The number of hydrogen-bond donors (Lipinski definition) is 0. The Hall–Kier alpha value is -3.87. The molecule has 0 N–H and O–H groups in total. The molecule has 1 atom stereocenters. The minimum absolute atomic E-state index is 0. The second kappa shape index (κ2) is 19.3. The first-order chi connectivity index (χ1) is 24.3. The largest absolute Gasteiger partial charge is 0.143 e. The molecule has 0 saturated carbocycles. The minimum atomic E-state index is 0. The predicted octanol–water partition coefficient (Wildman–Crippen LogP) is 6.56. The van der Waals surface area contributed by atoms with Gasteiger partial charge in [0, 0.05) is 0 Å². The molecular formula is C49H44Cl2Zr-2. The molecule has 0 aromatic heterocycles. The third-order valence-corrected chi connectivity index (χ3v) is 10.7. The van der Waals surface area contributed by atoms with Gasteiger partial charge in [-0.15, -0.1) is 29.3 Å². The van der Waals surface area contributed by atoms with Gasteiger partial charge in [0.05, 0.1) is 0 Å². The van der Waals surface area contributed by atoms with Crippen molar-refractivity contribution in [3.05, 3.63) is 204 Å². The number of benzene rings is 6. The maximum absolute atomic E-state index is 3.65. The SMILES string of the molecule is CCC1[C-]=CC(C(C)(C)C)=C1.[Cl-].[Cl-].[Zr+2]=[C](c1ccccc1)c1ccccc1.[c-]1c(-c2ccccc2)ccc2c1Cc1cc(-c3ccccc3)ccc1-2. The van der Waals surface area contributed by atoms with E-state index in [1.54, 1.807) is 0 Å². The summed E-state index contributed by atoms with van der Waals surface area (Å²) in [6.45, 7) is 8.94. The van der Waals surface area contributed by atoms with Gasteiger partial charge < -0.3 is 24.8 Å². The molecule has 52 heavy (non-hydrogen) atoms. The predicted molar refractivity (Wildman–Crippen MR) is 210 cm³/mol. The normalized spacial score (nSPS) is 13.4. The van der Waals surface area contributed by atoms with E-state index in [1.807, 2.05) is 0 Å². The third kappa shape index (κ3) is 10.4. The van der Waals surface area contributed by atoms with Crippen molar-refractivity contribution in [2.45, 2.75) is 40.5 Å². The smallest absolute Gasteiger partial charge is 0.0181 e. The van der Waals surface area contributed by atoms with E-state index in [4.69, 9.17) is 0 Å². The van der Waals surface area contributed by atoms with Crippen LogP contribution in [0.5, 0.6) is 0 Å². The van der Waals surface area contributed by atoms with Crippen molar-refractivity contribution >= 4 is 3.21 Å². The van der Waals surface area contributed by atoms with Crippen LogP contribution in [0.15, 0.2) is 169 Å². The topological polar surface area (TPSA) is 0 Å². The number of fused-ring (bicyclic) bond motifs is 3. The van der Waals surface area contributed by atoms with Crippen molar-refractivity contribution in [2.75, 3.05) is 0 Å². The molecule has 2 aliphatic carbocycles. The molecule has 0 heterocycles. The van der Waals surface area contributed by atoms with Crippen molar-refractivity contribution in [1.29, 1.82) is 0 Å². The standard InChI is InChI=1S/C25H17.C13H10.C11H17.2ClH.Zr/c1-3-7-18(8-4-1)20-11-13-24-22(15-20)17-23-16-21(12-14-25(23)24)19-9-5-2-6-10-19;1-3-7-12(8-4-1)11-13-9-5-2-6-10-13;1-5-9-6-7-10(8-9)11(2,3)4;;;/h1-15H,17H2;1-10H;7-9H,5H2,1-4H3;2*1H;/q-1;;-1;;;+2/p-2. The van der Waals surface area contributed by atoms with Crippen LogP contribution in [0.4, 0.5) is 0 Å². The molecular weight excluding hydrogens is 751 g/mol. The zero-order valence-electron chi connectivity index (χ0n) is 30.3. The summed E-state index contributed by atoms with van der Waals surface area (Å²) in [5.74, 6) is 0.573. The number of rotatable bonds is 5. The van der Waals surface area contributed by atoms with E-state index in [1.165, 1.54) is 95.1 Å². The zero-order valence-corrected chi connectivity index (χ0v) is 34.3. The van der Waals surface area contributed by atoms with Crippen LogP contribution in [-0.4, -0.2) is 3.21 Å². The number of halogens is 2. The maximum Gasteiger partial charge on any atom is -0.0181 e. The average molecular weight is 795 g/mol. The molecule has 0 fully saturated rings. The average Bonchev–Trinajstić information content (AvgIpc) is 3.81. The van der Waals surface area contributed by atoms with Crippen molar-refractivity contribution < 1.29 is 49.0 Å². The molecule has 2 aliphatic rings. The summed E-state index contributed by atoms with van der Waals surface area (Å²) in [6.07, 6.45) is 9.97. The first-order valence-corrected chi connectivity index (χ1v) is 18.8. The quantitative estimate of drug-likeness (QED) is 0.174. The Morgan fingerprint density at radius 1 is 0.635 bits per heavy atom. The molecule has 6 aromatic rings. The summed E-state index contributed by atoms with van der Waals surface area (Å²) in [5.41, 5.74) is 14.8. The first kappa shape index (κ1) is 40.9. The summed E-state index contributed by atoms with van der Waals surface area (Å²) in [6, 6.07) is 57.1. The van der Waals surface area contributed by atoms with Crippen LogP contribution in [0.25, 0.3) is 33.4 Å². The van der Waals surface area contributed by atoms with Crippen LogP contribution in [-0.2, 0) is 30.7 Å². The Morgan fingerprint density at radius 2 is 1.15 bits per heavy atom. The van der Waals surface area contributed by atoms with E-state index in [9.17, 15) is 0 Å². The number of hydrogen-bond acceptors (Lipinski definition) is 0. The van der Waals surface area contributed by atoms with Crippen LogP contribution in [0.1, 0.15) is 56.4 Å². The molecule has 0 bridgehead atoms. The minimum Gasteiger partial charge on any atom is -0.143 e. The monoisotopic (exact) mass is 792 g/mol. The fraction of sp³-hybridized carbons (Fsp3) is 0.163. The van der Waals surface area contributed by atoms with Gasteiger partial charge in [-0.2, -0.15) is 11.6 Å². The Bertz CT molecular complexity index is 1960. The fourth-order valence-corrected chi connectivity index (χ4v) is 7.13. The van der Waals surface area contributed by atoms with Gasteiger partial charge in [-0.3, -0.25) is 6.08 Å². The van der Waals surface area contributed by atoms with Crippen LogP contribution < -0.4 is 24.8 Å². The summed E-state index contributed by atoms with van der Waals surface area (Å²) < 4.78 is 1.42. The molecule has 1 unspecified atom stereocenters. The van der Waals surface area contributed by atoms with Gasteiger partial charge in [0.1, 0.15) is 0 Å². The van der Waals surface area contributed by atoms with E-state index in [2.05, 4.69) is 204 Å². The Balaban J connectivity index is 0.000000191. The van der Waals surface area contributed by atoms with Gasteiger partial charge in [0.25, 0.3) is 0 Å². The number of allylic oxidation sites excluding steroid dienone is 4. The zero-order chi connectivity index (χ0) is 34.9. The maximum atomic E-state index is 3.65. The molecule has 8 rings (SSSR count). The van der Waals surface area contributed by atoms with E-state index < -0.39 is 0 Å². The van der Waals surface area contributed by atoms with E-state index in [0.717, 1.165) is 6.42 Å². The van der Waals surface area contributed by atoms with Crippen LogP contribution in [0, 0.1) is 23.5 Å². The van der Waals surface area contributed by atoms with E-state index in [0.29, 0.717) is 11.3 Å². The summed E-state index contributed by atoms with van der Waals surface area (Å²) in [7, 11) is 0. The van der Waals surface area contributed by atoms with E-state index in [-0.39, 0.29) is 24.8 Å². The molecule has 0 aliphatic heterocycles. The molecule has 0 spiro atoms. The van der Waals surface area contributed by atoms with E-state index >= 15 is 0 Å². The van der Waals surface area contributed by atoms with Gasteiger partial charge >= 0.3 is 99.2 Å². The third-order valence-electron chi connectivity index (χ3n) is 9.25. The van der Waals surface area contributed by atoms with Crippen molar-refractivity contribution in [2.24, 2.45) is 11.3 Å². The molecule has 0 radical (unpaired) electrons. The molecule has 0 saturated heterocycles. The molecule has 260 valence electrons. The molecule has 0 amide bonds. The Kier molecular flexibility index (Phi) is 15.2. The van der Waals surface area contributed by atoms with Gasteiger partial charge in [-0.05, 0) is 23.1 Å². The van der Waals surface area contributed by atoms with Crippen LogP contribution in [0.2, 0.25) is 0 Å². The summed E-state index contributed by atoms with van der Waals surface area (Å²) >= 11 is 1.46. The van der Waals surface area contributed by atoms with Gasteiger partial charge in [0.2, 0.25) is 0 Å². The van der Waals surface area contributed by atoms with Crippen molar-refractivity contribution in [3.63, 3.8) is 0 Å². The van der Waals surface area contributed by atoms with Crippen molar-refractivity contribution in [1.82, 2.24) is 0 Å². The Morgan fingerprint density at radius 3 is 1.65 bits per heavy atom. The fourth-order valence-electron chi connectivity index (χ4n) is 6.31. The molecule has 3 heteroatoms. The molecule has 0 nitrogen and oxygen atoms in total. The van der Waals surface area contributed by atoms with Crippen LogP contribution in [0.3, 0.4) is 0 Å². The van der Waals surface area contributed by atoms with Gasteiger partial charge in [-0.1, -0.05) is 141 Å². The second-order valence-corrected chi connectivity index (χ2v) is 15.1. The summed E-state index contributed by atoms with van der Waals surface area (Å²) in [4.78, 5) is 0. The molecule has 6 aromatic carbocycles. The Labute approximate surface area is 338 Å². The van der Waals surface area contributed by atoms with Crippen LogP contribution >= 0.6 is 0 Å².